The van der Waals surface area contributed by atoms with Crippen LogP contribution in [0.15, 0.2) is 17.5 Å². The van der Waals surface area contributed by atoms with Crippen molar-refractivity contribution in [2.75, 3.05) is 7.05 Å². The predicted molar refractivity (Wildman–Crippen MR) is 66.9 cm³/mol. The fourth-order valence-corrected chi connectivity index (χ4v) is 1.68. The molecule has 1 rings (SSSR count). The van der Waals surface area contributed by atoms with Crippen molar-refractivity contribution in [2.45, 2.75) is 26.8 Å². The van der Waals surface area contributed by atoms with E-state index >= 15 is 0 Å². The molecule has 100 valence electrons. The molecule has 0 radical (unpaired) electrons. The van der Waals surface area contributed by atoms with Crippen molar-refractivity contribution < 1.29 is 10.0 Å². The van der Waals surface area contributed by atoms with E-state index in [1.807, 2.05) is 6.92 Å². The summed E-state index contributed by atoms with van der Waals surface area (Å²) in [6.07, 6.45) is 3.82. The normalized spacial score (nSPS) is 15.2. The summed E-state index contributed by atoms with van der Waals surface area (Å²) in [5.41, 5.74) is 5.51. The highest BCUT2D eigenvalue weighted by Gasteiger charge is 2.38. The number of amides is 1. The molecule has 0 spiro atoms. The molecule has 1 amide bonds. The SMILES string of the molecule is CCC(C)(C(=O)N(C)Cc1cn[nH]c1)C(N)=NO. The Morgan fingerprint density at radius 3 is 2.83 bits per heavy atom. The van der Waals surface area contributed by atoms with Crippen LogP contribution >= 0.6 is 0 Å². The number of nitrogens with one attached hydrogen (secondary N) is 1. The highest BCUT2D eigenvalue weighted by molar-refractivity contribution is 6.06. The molecule has 7 nitrogen and oxygen atoms in total. The Kier molecular flexibility index (Phi) is 4.30. The third-order valence-corrected chi connectivity index (χ3v) is 3.17. The fourth-order valence-electron chi connectivity index (χ4n) is 1.68. The van der Waals surface area contributed by atoms with Crippen molar-refractivity contribution in [3.63, 3.8) is 0 Å². The van der Waals surface area contributed by atoms with E-state index in [2.05, 4.69) is 15.4 Å². The first-order chi connectivity index (χ1) is 8.45. The van der Waals surface area contributed by atoms with Gasteiger partial charge in [-0.25, -0.2) is 0 Å². The Morgan fingerprint density at radius 1 is 1.72 bits per heavy atom. The molecule has 1 unspecified atom stereocenters. The molecule has 0 bridgehead atoms. The fraction of sp³-hybridized carbons (Fsp3) is 0.545. The number of carbonyl (C=O) groups excluding carboxylic acids is 1. The Balaban J connectivity index is 2.84. The lowest BCUT2D eigenvalue weighted by molar-refractivity contribution is -0.137. The summed E-state index contributed by atoms with van der Waals surface area (Å²) >= 11 is 0. The van der Waals surface area contributed by atoms with Gasteiger partial charge in [-0.2, -0.15) is 5.10 Å². The lowest BCUT2D eigenvalue weighted by Gasteiger charge is -2.30. The van der Waals surface area contributed by atoms with Crippen LogP contribution in [0.5, 0.6) is 0 Å². The molecule has 1 heterocycles. The van der Waals surface area contributed by atoms with E-state index in [1.165, 1.54) is 4.90 Å². The zero-order valence-electron chi connectivity index (χ0n) is 10.8. The second-order valence-corrected chi connectivity index (χ2v) is 4.44. The lowest BCUT2D eigenvalue weighted by Crippen LogP contribution is -2.47. The number of oxime groups is 1. The average molecular weight is 253 g/mol. The van der Waals surface area contributed by atoms with Gasteiger partial charge in [-0.05, 0) is 13.3 Å². The van der Waals surface area contributed by atoms with Crippen molar-refractivity contribution in [2.24, 2.45) is 16.3 Å². The topological polar surface area (TPSA) is 108 Å². The Labute approximate surface area is 106 Å². The summed E-state index contributed by atoms with van der Waals surface area (Å²) in [5.74, 6) is -0.268. The van der Waals surface area contributed by atoms with Crippen LogP contribution in [0.2, 0.25) is 0 Å². The molecular weight excluding hydrogens is 234 g/mol. The standard InChI is InChI=1S/C11H19N5O2/c1-4-11(2,9(12)15-18)10(17)16(3)7-8-5-13-14-6-8/h5-6,18H,4,7H2,1-3H3,(H2,12,15)(H,13,14). The van der Waals surface area contributed by atoms with Gasteiger partial charge in [0.2, 0.25) is 5.91 Å². The number of H-pyrrole nitrogens is 1. The molecule has 0 saturated carbocycles. The molecule has 0 aliphatic rings. The van der Waals surface area contributed by atoms with Gasteiger partial charge < -0.3 is 15.8 Å². The molecular formula is C11H19N5O2. The van der Waals surface area contributed by atoms with Crippen LogP contribution in [0.25, 0.3) is 0 Å². The Morgan fingerprint density at radius 2 is 2.39 bits per heavy atom. The van der Waals surface area contributed by atoms with E-state index in [-0.39, 0.29) is 11.7 Å². The Hall–Kier alpha value is -2.05. The monoisotopic (exact) mass is 253 g/mol. The first-order valence-electron chi connectivity index (χ1n) is 5.67. The van der Waals surface area contributed by atoms with Crippen LogP contribution in [0.3, 0.4) is 0 Å². The number of hydrogen-bond acceptors (Lipinski definition) is 4. The average Bonchev–Trinajstić information content (AvgIpc) is 2.88. The van der Waals surface area contributed by atoms with Gasteiger partial charge in [0, 0.05) is 25.4 Å². The maximum Gasteiger partial charge on any atom is 0.236 e. The van der Waals surface area contributed by atoms with Gasteiger partial charge in [0.15, 0.2) is 5.84 Å². The minimum atomic E-state index is -0.993. The molecule has 18 heavy (non-hydrogen) atoms. The van der Waals surface area contributed by atoms with E-state index in [1.54, 1.807) is 26.4 Å². The van der Waals surface area contributed by atoms with E-state index in [0.29, 0.717) is 13.0 Å². The zero-order chi connectivity index (χ0) is 13.8. The van der Waals surface area contributed by atoms with Crippen LogP contribution in [0.1, 0.15) is 25.8 Å². The summed E-state index contributed by atoms with van der Waals surface area (Å²) in [5, 5.41) is 18.2. The zero-order valence-corrected chi connectivity index (χ0v) is 10.8. The van der Waals surface area contributed by atoms with Gasteiger partial charge in [-0.1, -0.05) is 12.1 Å². The first kappa shape index (κ1) is 14.0. The lowest BCUT2D eigenvalue weighted by atomic mass is 9.84. The molecule has 4 N–H and O–H groups in total. The minimum absolute atomic E-state index is 0.0750. The number of aromatic amines is 1. The van der Waals surface area contributed by atoms with Gasteiger partial charge in [0.1, 0.15) is 5.41 Å². The number of nitrogens with zero attached hydrogens (tertiary/aromatic N) is 3. The summed E-state index contributed by atoms with van der Waals surface area (Å²) in [6, 6.07) is 0. The van der Waals surface area contributed by atoms with E-state index < -0.39 is 5.41 Å². The molecule has 0 aromatic carbocycles. The molecule has 0 saturated heterocycles. The molecule has 0 aliphatic heterocycles. The van der Waals surface area contributed by atoms with Crippen molar-refractivity contribution in [1.82, 2.24) is 15.1 Å². The molecule has 0 aliphatic carbocycles. The van der Waals surface area contributed by atoms with Gasteiger partial charge in [0.05, 0.1) is 6.20 Å². The number of aromatic nitrogens is 2. The second kappa shape index (κ2) is 5.52. The highest BCUT2D eigenvalue weighted by atomic mass is 16.4. The van der Waals surface area contributed by atoms with Crippen LogP contribution in [0.4, 0.5) is 0 Å². The van der Waals surface area contributed by atoms with Crippen molar-refractivity contribution >= 4 is 11.7 Å². The maximum atomic E-state index is 12.3. The predicted octanol–water partition coefficient (Wildman–Crippen LogP) is 0.531. The molecule has 7 heteroatoms. The molecule has 1 atom stereocenters. The summed E-state index contributed by atoms with van der Waals surface area (Å²) < 4.78 is 0. The number of rotatable bonds is 5. The molecule has 1 aromatic rings. The maximum absolute atomic E-state index is 12.3. The molecule has 1 aromatic heterocycles. The van der Waals surface area contributed by atoms with Crippen LogP contribution < -0.4 is 5.73 Å². The third kappa shape index (κ3) is 2.61. The number of amidine groups is 1. The summed E-state index contributed by atoms with van der Waals surface area (Å²) in [4.78, 5) is 13.9. The number of hydrogen-bond donors (Lipinski definition) is 3. The highest BCUT2D eigenvalue weighted by Crippen LogP contribution is 2.24. The van der Waals surface area contributed by atoms with Gasteiger partial charge >= 0.3 is 0 Å². The quantitative estimate of drug-likeness (QED) is 0.308. The van der Waals surface area contributed by atoms with Crippen LogP contribution in [-0.2, 0) is 11.3 Å². The van der Waals surface area contributed by atoms with Gasteiger partial charge in [0.25, 0.3) is 0 Å². The second-order valence-electron chi connectivity index (χ2n) is 4.44. The van der Waals surface area contributed by atoms with Gasteiger partial charge in [-0.15, -0.1) is 0 Å². The third-order valence-electron chi connectivity index (χ3n) is 3.17. The Bertz CT molecular complexity index is 429. The number of carbonyl (C=O) groups is 1. The van der Waals surface area contributed by atoms with Crippen molar-refractivity contribution in [3.05, 3.63) is 18.0 Å². The van der Waals surface area contributed by atoms with E-state index in [0.717, 1.165) is 5.56 Å². The largest absolute Gasteiger partial charge is 0.409 e. The summed E-state index contributed by atoms with van der Waals surface area (Å²) in [7, 11) is 1.67. The van der Waals surface area contributed by atoms with Crippen LogP contribution in [-0.4, -0.2) is 39.1 Å². The number of nitrogens with two attached hydrogens (primary N) is 1. The van der Waals surface area contributed by atoms with Crippen molar-refractivity contribution in [1.29, 1.82) is 0 Å². The molecule has 0 fully saturated rings. The van der Waals surface area contributed by atoms with E-state index in [4.69, 9.17) is 10.9 Å². The summed E-state index contributed by atoms with van der Waals surface area (Å²) in [6.45, 7) is 3.90. The smallest absolute Gasteiger partial charge is 0.236 e. The van der Waals surface area contributed by atoms with Crippen LogP contribution in [0, 0.1) is 5.41 Å². The van der Waals surface area contributed by atoms with Crippen molar-refractivity contribution in [3.8, 4) is 0 Å². The minimum Gasteiger partial charge on any atom is -0.409 e. The van der Waals surface area contributed by atoms with Gasteiger partial charge in [-0.3, -0.25) is 9.89 Å². The van der Waals surface area contributed by atoms with E-state index in [9.17, 15) is 4.79 Å². The first-order valence-corrected chi connectivity index (χ1v) is 5.67.